The first-order valence-corrected chi connectivity index (χ1v) is 7.23. The first-order chi connectivity index (χ1) is 9.79. The summed E-state index contributed by atoms with van der Waals surface area (Å²) in [6.45, 7) is 7.25. The van der Waals surface area contributed by atoms with Gasteiger partial charge in [0.25, 0.3) is 0 Å². The number of fused-ring (bicyclic) bond motifs is 1. The van der Waals surface area contributed by atoms with E-state index in [9.17, 15) is 0 Å². The zero-order valence-corrected chi connectivity index (χ0v) is 12.3. The van der Waals surface area contributed by atoms with Crippen LogP contribution in [0.5, 0.6) is 5.75 Å². The Kier molecular flexibility index (Phi) is 5.69. The van der Waals surface area contributed by atoms with E-state index in [1.807, 2.05) is 12.1 Å². The quantitative estimate of drug-likeness (QED) is 0.772. The van der Waals surface area contributed by atoms with Crippen LogP contribution in [-0.2, 0) is 6.42 Å². The van der Waals surface area contributed by atoms with E-state index in [-0.39, 0.29) is 0 Å². The Hall–Kier alpha value is -1.74. The van der Waals surface area contributed by atoms with Gasteiger partial charge in [-0.15, -0.1) is 6.58 Å². The summed E-state index contributed by atoms with van der Waals surface area (Å²) in [5.41, 5.74) is 2.62. The summed E-state index contributed by atoms with van der Waals surface area (Å²) in [5.74, 6) is 0.955. The molecule has 0 aromatic heterocycles. The van der Waals surface area contributed by atoms with Crippen molar-refractivity contribution >= 4 is 5.69 Å². The maximum atomic E-state index is 5.76. The number of ether oxygens (including phenoxy) is 1. The maximum absolute atomic E-state index is 5.76. The van der Waals surface area contributed by atoms with E-state index in [2.05, 4.69) is 48.1 Å². The van der Waals surface area contributed by atoms with E-state index < -0.39 is 0 Å². The zero-order valence-electron chi connectivity index (χ0n) is 12.3. The normalized spacial score (nSPS) is 14.1. The summed E-state index contributed by atoms with van der Waals surface area (Å²) in [6, 6.07) is 6.30. The molecule has 1 aliphatic rings. The average molecular weight is 272 g/mol. The van der Waals surface area contributed by atoms with E-state index in [0.717, 1.165) is 31.8 Å². The van der Waals surface area contributed by atoms with E-state index >= 15 is 0 Å². The van der Waals surface area contributed by atoms with Crippen LogP contribution in [0.3, 0.4) is 0 Å². The zero-order chi connectivity index (χ0) is 14.2. The van der Waals surface area contributed by atoms with E-state index in [1.165, 1.54) is 17.7 Å². The molecule has 0 unspecified atom stereocenters. The fraction of sp³-hybridized carbons (Fsp3) is 0.412. The number of hydrogen-bond donors (Lipinski definition) is 1. The third kappa shape index (κ3) is 4.42. The van der Waals surface area contributed by atoms with Gasteiger partial charge in [-0.05, 0) is 43.7 Å². The van der Waals surface area contributed by atoms with Crippen molar-refractivity contribution in [3.63, 3.8) is 0 Å². The maximum Gasteiger partial charge on any atom is 0.120 e. The highest BCUT2D eigenvalue weighted by molar-refractivity contribution is 5.55. The summed E-state index contributed by atoms with van der Waals surface area (Å²) < 4.78 is 5.76. The van der Waals surface area contributed by atoms with Crippen molar-refractivity contribution in [1.29, 1.82) is 0 Å². The molecule has 0 spiro atoms. The van der Waals surface area contributed by atoms with Gasteiger partial charge in [-0.25, -0.2) is 0 Å². The lowest BCUT2D eigenvalue weighted by molar-refractivity contribution is 0.360. The Bertz CT molecular complexity index is 468. The third-order valence-electron chi connectivity index (χ3n) is 3.39. The SMILES string of the molecule is C=CCN(C)C/C=C/COc1ccc2c(c1)CCCN2. The van der Waals surface area contributed by atoms with Gasteiger partial charge in [0.1, 0.15) is 12.4 Å². The van der Waals surface area contributed by atoms with E-state index in [4.69, 9.17) is 4.74 Å². The lowest BCUT2D eigenvalue weighted by Crippen LogP contribution is -2.17. The molecular weight excluding hydrogens is 248 g/mol. The second kappa shape index (κ2) is 7.75. The van der Waals surface area contributed by atoms with Gasteiger partial charge < -0.3 is 10.1 Å². The molecule has 0 bridgehead atoms. The van der Waals surface area contributed by atoms with Crippen LogP contribution in [0.1, 0.15) is 12.0 Å². The van der Waals surface area contributed by atoms with Crippen molar-refractivity contribution in [2.45, 2.75) is 12.8 Å². The number of nitrogens with zero attached hydrogens (tertiary/aromatic N) is 1. The minimum Gasteiger partial charge on any atom is -0.490 e. The number of benzene rings is 1. The first-order valence-electron chi connectivity index (χ1n) is 7.23. The minimum absolute atomic E-state index is 0.619. The van der Waals surface area contributed by atoms with Gasteiger partial charge in [-0.1, -0.05) is 18.2 Å². The highest BCUT2D eigenvalue weighted by Crippen LogP contribution is 2.26. The molecule has 0 fully saturated rings. The van der Waals surface area contributed by atoms with Gasteiger partial charge in [0.2, 0.25) is 0 Å². The fourth-order valence-corrected chi connectivity index (χ4v) is 2.30. The summed E-state index contributed by atoms with van der Waals surface area (Å²) in [7, 11) is 2.07. The summed E-state index contributed by atoms with van der Waals surface area (Å²) in [6.07, 6.45) is 8.44. The lowest BCUT2D eigenvalue weighted by Gasteiger charge is -2.18. The molecule has 0 amide bonds. The Morgan fingerprint density at radius 3 is 3.10 bits per heavy atom. The Labute approximate surface area is 121 Å². The molecule has 1 heterocycles. The highest BCUT2D eigenvalue weighted by atomic mass is 16.5. The van der Waals surface area contributed by atoms with Crippen LogP contribution < -0.4 is 10.1 Å². The van der Waals surface area contributed by atoms with Crippen molar-refractivity contribution in [3.05, 3.63) is 48.6 Å². The summed E-state index contributed by atoms with van der Waals surface area (Å²) >= 11 is 0. The van der Waals surface area contributed by atoms with E-state index in [1.54, 1.807) is 0 Å². The average Bonchev–Trinajstić information content (AvgIpc) is 2.47. The Balaban J connectivity index is 1.76. The van der Waals surface area contributed by atoms with Crippen molar-refractivity contribution in [1.82, 2.24) is 4.90 Å². The van der Waals surface area contributed by atoms with Gasteiger partial charge in [-0.3, -0.25) is 4.90 Å². The molecule has 108 valence electrons. The van der Waals surface area contributed by atoms with Crippen molar-refractivity contribution in [2.24, 2.45) is 0 Å². The monoisotopic (exact) mass is 272 g/mol. The van der Waals surface area contributed by atoms with Crippen LogP contribution in [0.15, 0.2) is 43.0 Å². The molecule has 1 aromatic carbocycles. The third-order valence-corrected chi connectivity index (χ3v) is 3.39. The van der Waals surface area contributed by atoms with Crippen LogP contribution in [0, 0.1) is 0 Å². The molecule has 3 heteroatoms. The molecule has 1 aliphatic heterocycles. The van der Waals surface area contributed by atoms with Gasteiger partial charge in [-0.2, -0.15) is 0 Å². The number of anilines is 1. The summed E-state index contributed by atoms with van der Waals surface area (Å²) in [5, 5.41) is 3.41. The van der Waals surface area contributed by atoms with Gasteiger partial charge in [0.15, 0.2) is 0 Å². The lowest BCUT2D eigenvalue weighted by atomic mass is 10.0. The molecule has 2 rings (SSSR count). The molecule has 0 atom stereocenters. The van der Waals surface area contributed by atoms with Crippen molar-refractivity contribution < 1.29 is 4.74 Å². The smallest absolute Gasteiger partial charge is 0.120 e. The van der Waals surface area contributed by atoms with Crippen LogP contribution in [0.4, 0.5) is 5.69 Å². The van der Waals surface area contributed by atoms with Crippen LogP contribution in [-0.4, -0.2) is 38.2 Å². The number of likely N-dealkylation sites (N-methyl/N-ethyl adjacent to an activating group) is 1. The number of aryl methyl sites for hydroxylation is 1. The molecule has 3 nitrogen and oxygen atoms in total. The Morgan fingerprint density at radius 1 is 1.35 bits per heavy atom. The molecule has 0 saturated carbocycles. The molecule has 0 aliphatic carbocycles. The molecule has 0 saturated heterocycles. The molecule has 0 radical (unpaired) electrons. The summed E-state index contributed by atoms with van der Waals surface area (Å²) in [4.78, 5) is 2.19. The number of hydrogen-bond acceptors (Lipinski definition) is 3. The van der Waals surface area contributed by atoms with Gasteiger partial charge in [0, 0.05) is 25.3 Å². The van der Waals surface area contributed by atoms with Crippen LogP contribution in [0.25, 0.3) is 0 Å². The van der Waals surface area contributed by atoms with Gasteiger partial charge >= 0.3 is 0 Å². The Morgan fingerprint density at radius 2 is 2.25 bits per heavy atom. The second-order valence-corrected chi connectivity index (χ2v) is 5.14. The predicted octanol–water partition coefficient (Wildman–Crippen LogP) is 3.10. The second-order valence-electron chi connectivity index (χ2n) is 5.14. The predicted molar refractivity (Wildman–Crippen MR) is 85.6 cm³/mol. The van der Waals surface area contributed by atoms with Crippen LogP contribution >= 0.6 is 0 Å². The number of nitrogens with one attached hydrogen (secondary N) is 1. The highest BCUT2D eigenvalue weighted by Gasteiger charge is 2.08. The molecule has 1 aromatic rings. The fourth-order valence-electron chi connectivity index (χ4n) is 2.30. The van der Waals surface area contributed by atoms with Crippen LogP contribution in [0.2, 0.25) is 0 Å². The van der Waals surface area contributed by atoms with E-state index in [0.29, 0.717) is 6.61 Å². The minimum atomic E-state index is 0.619. The standard InChI is InChI=1S/C17H24N2O/c1-3-11-19(2)12-4-5-13-20-16-8-9-17-15(14-16)7-6-10-18-17/h3-5,8-9,14,18H,1,6-7,10-13H2,2H3/b5-4+. The molecular formula is C17H24N2O. The molecule has 1 N–H and O–H groups in total. The first kappa shape index (κ1) is 14.7. The topological polar surface area (TPSA) is 24.5 Å². The molecule has 20 heavy (non-hydrogen) atoms. The van der Waals surface area contributed by atoms with Crippen molar-refractivity contribution in [2.75, 3.05) is 38.6 Å². The number of rotatable bonds is 7. The van der Waals surface area contributed by atoms with Gasteiger partial charge in [0.05, 0.1) is 0 Å². The van der Waals surface area contributed by atoms with Crippen molar-refractivity contribution in [3.8, 4) is 5.75 Å². The largest absolute Gasteiger partial charge is 0.490 e.